The van der Waals surface area contributed by atoms with Crippen molar-refractivity contribution in [1.82, 2.24) is 4.90 Å². The normalized spacial score (nSPS) is 14.9. The number of rotatable bonds is 10. The highest BCUT2D eigenvalue weighted by molar-refractivity contribution is 6.23. The quantitative estimate of drug-likeness (QED) is 0.372. The number of imide groups is 1. The van der Waals surface area contributed by atoms with Crippen molar-refractivity contribution in [1.29, 1.82) is 0 Å². The van der Waals surface area contributed by atoms with Gasteiger partial charge >= 0.3 is 0 Å². The molecule has 0 aliphatic carbocycles. The minimum atomic E-state index is -1.08. The summed E-state index contributed by atoms with van der Waals surface area (Å²) in [7, 11) is 3.05. The predicted octanol–water partition coefficient (Wildman–Crippen LogP) is 4.26. The van der Waals surface area contributed by atoms with Crippen LogP contribution in [-0.2, 0) is 16.0 Å². The standard InChI is InChI=1S/C29H29FN2O6/c1-4-38-21-12-10-20(11-13-21)32-27(33)18-24(29(32)35)31(28(34)22-7-5-6-8-23(22)30)16-15-19-9-14-25(36-2)26(17-19)37-3/h5-14,17,24H,4,15-16,18H2,1-3H3. The SMILES string of the molecule is CCOc1ccc(N2C(=O)CC(N(CCc3ccc(OC)c(OC)c3)C(=O)c3ccccc3F)C2=O)cc1. The van der Waals surface area contributed by atoms with Crippen LogP contribution in [0.3, 0.4) is 0 Å². The lowest BCUT2D eigenvalue weighted by atomic mass is 10.1. The number of anilines is 1. The Labute approximate surface area is 220 Å². The van der Waals surface area contributed by atoms with Gasteiger partial charge in [0.25, 0.3) is 11.8 Å². The summed E-state index contributed by atoms with van der Waals surface area (Å²) in [5.74, 6) is -0.670. The Morgan fingerprint density at radius 2 is 1.71 bits per heavy atom. The minimum Gasteiger partial charge on any atom is -0.494 e. The van der Waals surface area contributed by atoms with Gasteiger partial charge in [-0.3, -0.25) is 14.4 Å². The number of nitrogens with zero attached hydrogens (tertiary/aromatic N) is 2. The molecule has 198 valence electrons. The lowest BCUT2D eigenvalue weighted by Gasteiger charge is -2.28. The molecule has 8 nitrogen and oxygen atoms in total. The van der Waals surface area contributed by atoms with E-state index in [0.29, 0.717) is 36.0 Å². The highest BCUT2D eigenvalue weighted by Crippen LogP contribution is 2.30. The largest absolute Gasteiger partial charge is 0.494 e. The number of amides is 3. The van der Waals surface area contributed by atoms with Gasteiger partial charge in [0.05, 0.1) is 38.5 Å². The number of benzene rings is 3. The summed E-state index contributed by atoms with van der Waals surface area (Å²) in [6, 6.07) is 16.4. The molecule has 1 saturated heterocycles. The molecular formula is C29H29FN2O6. The van der Waals surface area contributed by atoms with E-state index >= 15 is 0 Å². The number of halogens is 1. The molecule has 0 N–H and O–H groups in total. The van der Waals surface area contributed by atoms with E-state index in [-0.39, 0.29) is 18.5 Å². The van der Waals surface area contributed by atoms with Crippen molar-refractivity contribution in [2.24, 2.45) is 0 Å². The van der Waals surface area contributed by atoms with E-state index in [4.69, 9.17) is 14.2 Å². The molecular weight excluding hydrogens is 491 g/mol. The summed E-state index contributed by atoms with van der Waals surface area (Å²) in [5.41, 5.74) is 1.03. The molecule has 0 bridgehead atoms. The molecule has 1 atom stereocenters. The second-order valence-electron chi connectivity index (χ2n) is 8.63. The molecule has 3 amide bonds. The molecule has 1 aliphatic heterocycles. The second-order valence-corrected chi connectivity index (χ2v) is 8.63. The van der Waals surface area contributed by atoms with E-state index in [1.807, 2.05) is 13.0 Å². The number of hydrogen-bond donors (Lipinski definition) is 0. The van der Waals surface area contributed by atoms with Crippen molar-refractivity contribution in [2.45, 2.75) is 25.8 Å². The van der Waals surface area contributed by atoms with Crippen molar-refractivity contribution in [2.75, 3.05) is 32.3 Å². The fraction of sp³-hybridized carbons (Fsp3) is 0.276. The first-order valence-electron chi connectivity index (χ1n) is 12.2. The smallest absolute Gasteiger partial charge is 0.257 e. The van der Waals surface area contributed by atoms with Gasteiger partial charge in [-0.15, -0.1) is 0 Å². The average molecular weight is 521 g/mol. The van der Waals surface area contributed by atoms with Crippen LogP contribution in [0.2, 0.25) is 0 Å². The predicted molar refractivity (Wildman–Crippen MR) is 139 cm³/mol. The maximum absolute atomic E-state index is 14.6. The summed E-state index contributed by atoms with van der Waals surface area (Å²) < 4.78 is 30.7. The molecule has 3 aromatic rings. The Hall–Kier alpha value is -4.40. The summed E-state index contributed by atoms with van der Waals surface area (Å²) >= 11 is 0. The highest BCUT2D eigenvalue weighted by atomic mass is 19.1. The first-order chi connectivity index (χ1) is 18.4. The molecule has 1 aliphatic rings. The Kier molecular flexibility index (Phi) is 8.25. The molecule has 0 spiro atoms. The van der Waals surface area contributed by atoms with Crippen LogP contribution in [0.4, 0.5) is 10.1 Å². The van der Waals surface area contributed by atoms with Crippen LogP contribution in [0, 0.1) is 5.82 Å². The zero-order chi connectivity index (χ0) is 27.2. The number of methoxy groups -OCH3 is 2. The summed E-state index contributed by atoms with van der Waals surface area (Å²) in [6.07, 6.45) is 0.125. The Morgan fingerprint density at radius 1 is 1.00 bits per heavy atom. The van der Waals surface area contributed by atoms with E-state index < -0.39 is 29.6 Å². The maximum Gasteiger partial charge on any atom is 0.257 e. The van der Waals surface area contributed by atoms with Gasteiger partial charge < -0.3 is 19.1 Å². The van der Waals surface area contributed by atoms with Crippen LogP contribution in [0.15, 0.2) is 66.7 Å². The van der Waals surface area contributed by atoms with Gasteiger partial charge in [-0.25, -0.2) is 9.29 Å². The lowest BCUT2D eigenvalue weighted by Crippen LogP contribution is -2.46. The van der Waals surface area contributed by atoms with Gasteiger partial charge in [0.2, 0.25) is 5.91 Å². The van der Waals surface area contributed by atoms with Gasteiger partial charge in [-0.2, -0.15) is 0 Å². The van der Waals surface area contributed by atoms with E-state index in [2.05, 4.69) is 0 Å². The third-order valence-electron chi connectivity index (χ3n) is 6.36. The monoisotopic (exact) mass is 520 g/mol. The van der Waals surface area contributed by atoms with Crippen molar-refractivity contribution in [3.63, 3.8) is 0 Å². The molecule has 0 aromatic heterocycles. The van der Waals surface area contributed by atoms with E-state index in [9.17, 15) is 18.8 Å². The fourth-order valence-electron chi connectivity index (χ4n) is 4.46. The van der Waals surface area contributed by atoms with Gasteiger partial charge in [0.15, 0.2) is 11.5 Å². The van der Waals surface area contributed by atoms with Crippen molar-refractivity contribution >= 4 is 23.4 Å². The maximum atomic E-state index is 14.6. The van der Waals surface area contributed by atoms with Crippen LogP contribution in [0.25, 0.3) is 0 Å². The van der Waals surface area contributed by atoms with Gasteiger partial charge in [-0.1, -0.05) is 18.2 Å². The van der Waals surface area contributed by atoms with Crippen LogP contribution >= 0.6 is 0 Å². The molecule has 0 radical (unpaired) electrons. The van der Waals surface area contributed by atoms with E-state index in [0.717, 1.165) is 10.5 Å². The van der Waals surface area contributed by atoms with E-state index in [1.165, 1.54) is 37.3 Å². The zero-order valence-corrected chi connectivity index (χ0v) is 21.5. The molecule has 3 aromatic carbocycles. The third kappa shape index (κ3) is 5.46. The van der Waals surface area contributed by atoms with Crippen LogP contribution in [-0.4, -0.2) is 56.0 Å². The fourth-order valence-corrected chi connectivity index (χ4v) is 4.46. The first kappa shape index (κ1) is 26.7. The second kappa shape index (κ2) is 11.8. The van der Waals surface area contributed by atoms with Crippen LogP contribution in [0.1, 0.15) is 29.3 Å². The Balaban J connectivity index is 1.63. The van der Waals surface area contributed by atoms with Crippen molar-refractivity contribution in [3.8, 4) is 17.2 Å². The first-order valence-corrected chi connectivity index (χ1v) is 12.2. The molecule has 0 saturated carbocycles. The minimum absolute atomic E-state index is 0.0729. The van der Waals surface area contributed by atoms with Crippen molar-refractivity contribution in [3.05, 3.63) is 83.7 Å². The zero-order valence-electron chi connectivity index (χ0n) is 21.5. The molecule has 1 heterocycles. The number of carbonyl (C=O) groups is 3. The van der Waals surface area contributed by atoms with E-state index in [1.54, 1.807) is 42.5 Å². The summed E-state index contributed by atoms with van der Waals surface area (Å²) in [5, 5.41) is 0. The Bertz CT molecular complexity index is 1330. The molecule has 1 unspecified atom stereocenters. The third-order valence-corrected chi connectivity index (χ3v) is 6.36. The highest BCUT2D eigenvalue weighted by Gasteiger charge is 2.44. The van der Waals surface area contributed by atoms with Gasteiger partial charge in [0, 0.05) is 6.54 Å². The van der Waals surface area contributed by atoms with Gasteiger partial charge in [-0.05, 0) is 67.4 Å². The average Bonchev–Trinajstić information content (AvgIpc) is 3.22. The van der Waals surface area contributed by atoms with Crippen LogP contribution in [0.5, 0.6) is 17.2 Å². The molecule has 38 heavy (non-hydrogen) atoms. The van der Waals surface area contributed by atoms with Crippen molar-refractivity contribution < 1.29 is 33.0 Å². The molecule has 4 rings (SSSR count). The van der Waals surface area contributed by atoms with Gasteiger partial charge in [0.1, 0.15) is 17.6 Å². The Morgan fingerprint density at radius 3 is 2.37 bits per heavy atom. The number of hydrogen-bond acceptors (Lipinski definition) is 6. The topological polar surface area (TPSA) is 85.4 Å². The summed E-state index contributed by atoms with van der Waals surface area (Å²) in [6.45, 7) is 2.41. The number of ether oxygens (including phenoxy) is 3. The lowest BCUT2D eigenvalue weighted by molar-refractivity contribution is -0.122. The molecule has 1 fully saturated rings. The van der Waals surface area contributed by atoms with Crippen LogP contribution < -0.4 is 19.1 Å². The molecule has 9 heteroatoms. The summed E-state index contributed by atoms with van der Waals surface area (Å²) in [4.78, 5) is 42.4. The number of carbonyl (C=O) groups excluding carboxylic acids is 3.